The van der Waals surface area contributed by atoms with Gasteiger partial charge in [-0.15, -0.1) is 0 Å². The van der Waals surface area contributed by atoms with E-state index < -0.39 is 12.2 Å². The first-order valence-corrected chi connectivity index (χ1v) is 5.51. The Hall–Kier alpha value is -0.200. The second-order valence-electron chi connectivity index (χ2n) is 3.05. The summed E-state index contributed by atoms with van der Waals surface area (Å²) in [5, 5.41) is 28.0. The predicted octanol–water partition coefficient (Wildman–Crippen LogP) is 1.27. The summed E-state index contributed by atoms with van der Waals surface area (Å²) in [6.45, 7) is -0.202. The number of aliphatic hydroxyl groups excluding tert-OH is 3. The van der Waals surface area contributed by atoms with Gasteiger partial charge in [0.1, 0.15) is 6.10 Å². The lowest BCUT2D eigenvalue weighted by Gasteiger charge is -2.17. The van der Waals surface area contributed by atoms with Crippen molar-refractivity contribution >= 4 is 27.5 Å². The maximum atomic E-state index is 9.67. The van der Waals surface area contributed by atoms with E-state index in [-0.39, 0.29) is 23.7 Å². The monoisotopic (exact) mass is 295 g/mol. The second kappa shape index (κ2) is 5.77. The Kier molecular flexibility index (Phi) is 4.95. The predicted molar refractivity (Wildman–Crippen MR) is 59.6 cm³/mol. The fourth-order valence-electron chi connectivity index (χ4n) is 1.12. The lowest BCUT2D eigenvalue weighted by Crippen LogP contribution is -2.20. The average molecular weight is 297 g/mol. The molecular weight excluding hydrogens is 285 g/mol. The molecule has 0 aliphatic carbocycles. The van der Waals surface area contributed by atoms with Gasteiger partial charge in [-0.2, -0.15) is 0 Å². The Bertz CT molecular complexity index is 337. The molecule has 0 saturated heterocycles. The number of halogens is 2. The third-order valence-electron chi connectivity index (χ3n) is 1.91. The molecule has 0 fully saturated rings. The lowest BCUT2D eigenvalue weighted by atomic mass is 10.1. The molecule has 2 atom stereocenters. The maximum Gasteiger partial charge on any atom is 0.123 e. The number of nitrogens with zero attached hydrogens (tertiary/aromatic N) is 1. The Morgan fingerprint density at radius 1 is 1.47 bits per heavy atom. The minimum absolute atomic E-state index is 0.0786. The highest BCUT2D eigenvalue weighted by Gasteiger charge is 2.21. The lowest BCUT2D eigenvalue weighted by molar-refractivity contribution is 0.00196. The molecular formula is C9H11BrClNO3. The third kappa shape index (κ3) is 3.39. The maximum absolute atomic E-state index is 9.67. The molecule has 0 spiro atoms. The molecule has 0 amide bonds. The minimum Gasteiger partial charge on any atom is -0.396 e. The van der Waals surface area contributed by atoms with E-state index in [1.54, 1.807) is 6.07 Å². The van der Waals surface area contributed by atoms with Crippen molar-refractivity contribution < 1.29 is 15.3 Å². The zero-order valence-corrected chi connectivity index (χ0v) is 10.1. The normalized spacial score (nSPS) is 15.0. The summed E-state index contributed by atoms with van der Waals surface area (Å²) < 4.78 is 0.695. The molecule has 0 radical (unpaired) electrons. The van der Waals surface area contributed by atoms with Gasteiger partial charge in [-0.05, 0) is 28.4 Å². The van der Waals surface area contributed by atoms with Gasteiger partial charge < -0.3 is 15.3 Å². The molecule has 0 saturated carbocycles. The van der Waals surface area contributed by atoms with Gasteiger partial charge in [0.15, 0.2) is 0 Å². The molecule has 2 unspecified atom stereocenters. The highest BCUT2D eigenvalue weighted by atomic mass is 79.9. The van der Waals surface area contributed by atoms with Crippen molar-refractivity contribution in [3.63, 3.8) is 0 Å². The number of pyridine rings is 1. The van der Waals surface area contributed by atoms with Gasteiger partial charge in [-0.3, -0.25) is 4.98 Å². The van der Waals surface area contributed by atoms with E-state index in [9.17, 15) is 10.2 Å². The number of rotatable bonds is 4. The zero-order chi connectivity index (χ0) is 11.4. The molecule has 0 bridgehead atoms. The Morgan fingerprint density at radius 2 is 2.13 bits per heavy atom. The van der Waals surface area contributed by atoms with Crippen LogP contribution in [0.3, 0.4) is 0 Å². The first kappa shape index (κ1) is 12.9. The number of hydrogen-bond acceptors (Lipinski definition) is 4. The molecule has 4 nitrogen and oxygen atoms in total. The van der Waals surface area contributed by atoms with E-state index in [4.69, 9.17) is 16.7 Å². The fraction of sp³-hybridized carbons (Fsp3) is 0.444. The fourth-order valence-corrected chi connectivity index (χ4v) is 1.86. The summed E-state index contributed by atoms with van der Waals surface area (Å²) in [5.41, 5.74) is 0.209. The van der Waals surface area contributed by atoms with Crippen LogP contribution in [0.4, 0.5) is 0 Å². The van der Waals surface area contributed by atoms with Gasteiger partial charge in [0.2, 0.25) is 0 Å². The van der Waals surface area contributed by atoms with Gasteiger partial charge in [-0.25, -0.2) is 0 Å². The Morgan fingerprint density at radius 3 is 2.67 bits per heavy atom. The number of hydrogen-bond donors (Lipinski definition) is 3. The van der Waals surface area contributed by atoms with Crippen LogP contribution in [0.15, 0.2) is 16.7 Å². The van der Waals surface area contributed by atoms with Gasteiger partial charge >= 0.3 is 0 Å². The van der Waals surface area contributed by atoms with E-state index in [0.717, 1.165) is 0 Å². The van der Waals surface area contributed by atoms with Crippen LogP contribution in [-0.2, 0) is 0 Å². The SMILES string of the molecule is OCCC(O)C(O)c1ncc(Br)cc1Cl. The highest BCUT2D eigenvalue weighted by Crippen LogP contribution is 2.26. The van der Waals surface area contributed by atoms with Crippen LogP contribution in [0.25, 0.3) is 0 Å². The Labute approximate surface area is 101 Å². The minimum atomic E-state index is -1.18. The molecule has 1 heterocycles. The van der Waals surface area contributed by atoms with Crippen LogP contribution in [-0.4, -0.2) is 33.0 Å². The average Bonchev–Trinajstić information content (AvgIpc) is 2.17. The number of aromatic nitrogens is 1. The number of aliphatic hydroxyl groups is 3. The topological polar surface area (TPSA) is 73.6 Å². The van der Waals surface area contributed by atoms with Crippen LogP contribution < -0.4 is 0 Å². The standard InChI is InChI=1S/C9H11BrClNO3/c10-5-3-6(11)8(12-4-5)9(15)7(14)1-2-13/h3-4,7,9,13-15H,1-2H2. The highest BCUT2D eigenvalue weighted by molar-refractivity contribution is 9.10. The quantitative estimate of drug-likeness (QED) is 0.782. The third-order valence-corrected chi connectivity index (χ3v) is 2.64. The van der Waals surface area contributed by atoms with E-state index in [2.05, 4.69) is 20.9 Å². The second-order valence-corrected chi connectivity index (χ2v) is 4.37. The van der Waals surface area contributed by atoms with Gasteiger partial charge in [-0.1, -0.05) is 11.6 Å². The van der Waals surface area contributed by atoms with Crippen molar-refractivity contribution in [3.05, 3.63) is 27.5 Å². The van der Waals surface area contributed by atoms with Crippen molar-refractivity contribution in [3.8, 4) is 0 Å². The molecule has 1 aromatic heterocycles. The van der Waals surface area contributed by atoms with Crippen LogP contribution in [0.2, 0.25) is 5.02 Å². The molecule has 6 heteroatoms. The molecule has 0 aliphatic heterocycles. The van der Waals surface area contributed by atoms with Crippen LogP contribution in [0.5, 0.6) is 0 Å². The van der Waals surface area contributed by atoms with Crippen molar-refractivity contribution in [2.24, 2.45) is 0 Å². The van der Waals surface area contributed by atoms with Gasteiger partial charge in [0.05, 0.1) is 16.8 Å². The summed E-state index contributed by atoms with van der Waals surface area (Å²) in [6.07, 6.45) is -0.690. The van der Waals surface area contributed by atoms with Crippen molar-refractivity contribution in [2.45, 2.75) is 18.6 Å². The van der Waals surface area contributed by atoms with Crippen LogP contribution >= 0.6 is 27.5 Å². The molecule has 0 aromatic carbocycles. The summed E-state index contributed by atoms with van der Waals surface area (Å²) >= 11 is 9.02. The van der Waals surface area contributed by atoms with Crippen molar-refractivity contribution in [1.82, 2.24) is 4.98 Å². The summed E-state index contributed by atoms with van der Waals surface area (Å²) in [5.74, 6) is 0. The van der Waals surface area contributed by atoms with Gasteiger partial charge in [0.25, 0.3) is 0 Å². The largest absolute Gasteiger partial charge is 0.396 e. The summed E-state index contributed by atoms with van der Waals surface area (Å²) in [7, 11) is 0. The van der Waals surface area contributed by atoms with E-state index in [1.807, 2.05) is 0 Å². The zero-order valence-electron chi connectivity index (χ0n) is 7.77. The van der Waals surface area contributed by atoms with Crippen molar-refractivity contribution in [1.29, 1.82) is 0 Å². The Balaban J connectivity index is 2.86. The molecule has 1 aromatic rings. The smallest absolute Gasteiger partial charge is 0.123 e. The summed E-state index contributed by atoms with van der Waals surface area (Å²) in [6, 6.07) is 1.58. The first-order chi connectivity index (χ1) is 7.06. The molecule has 1 rings (SSSR count). The van der Waals surface area contributed by atoms with Crippen LogP contribution in [0, 0.1) is 0 Å². The molecule has 3 N–H and O–H groups in total. The van der Waals surface area contributed by atoms with Crippen LogP contribution in [0.1, 0.15) is 18.2 Å². The van der Waals surface area contributed by atoms with E-state index in [1.165, 1.54) is 6.20 Å². The van der Waals surface area contributed by atoms with E-state index >= 15 is 0 Å². The van der Waals surface area contributed by atoms with E-state index in [0.29, 0.717) is 4.47 Å². The van der Waals surface area contributed by atoms with Gasteiger partial charge in [0, 0.05) is 17.3 Å². The summed E-state index contributed by atoms with van der Waals surface area (Å²) in [4.78, 5) is 3.91. The van der Waals surface area contributed by atoms with Crippen molar-refractivity contribution in [2.75, 3.05) is 6.61 Å². The molecule has 84 valence electrons. The molecule has 15 heavy (non-hydrogen) atoms. The molecule has 0 aliphatic rings. The first-order valence-electron chi connectivity index (χ1n) is 4.34.